The van der Waals surface area contributed by atoms with E-state index in [0.29, 0.717) is 16.9 Å². The summed E-state index contributed by atoms with van der Waals surface area (Å²) >= 11 is 0. The first kappa shape index (κ1) is 20.3. The molecule has 8 nitrogen and oxygen atoms in total. The number of benzene rings is 3. The van der Waals surface area contributed by atoms with Crippen molar-refractivity contribution in [3.8, 4) is 22.8 Å². The Morgan fingerprint density at radius 2 is 1.68 bits per heavy atom. The van der Waals surface area contributed by atoms with E-state index in [9.17, 15) is 14.8 Å². The number of para-hydroxylation sites is 1. The largest absolute Gasteiger partial charge is 0.595 e. The molecule has 0 saturated carbocycles. The van der Waals surface area contributed by atoms with Crippen LogP contribution in [0, 0.1) is 5.21 Å². The van der Waals surface area contributed by atoms with Gasteiger partial charge in [0.1, 0.15) is 11.3 Å². The zero-order chi connectivity index (χ0) is 22.0. The summed E-state index contributed by atoms with van der Waals surface area (Å²) in [7, 11) is 1.54. The third kappa shape index (κ3) is 4.03. The van der Waals surface area contributed by atoms with Gasteiger partial charge in [0, 0.05) is 17.7 Å². The van der Waals surface area contributed by atoms with Crippen LogP contribution >= 0.6 is 0 Å². The normalized spacial score (nSPS) is 11.8. The highest BCUT2D eigenvalue weighted by Crippen LogP contribution is 2.32. The van der Waals surface area contributed by atoms with Gasteiger partial charge in [-0.2, -0.15) is 5.23 Å². The molecule has 0 amide bonds. The molecule has 0 aliphatic carbocycles. The highest BCUT2D eigenvalue weighted by atomic mass is 16.8. The molecular formula is C23H17NO7. The molecule has 0 spiro atoms. The van der Waals surface area contributed by atoms with E-state index < -0.39 is 16.6 Å². The maximum Gasteiger partial charge on any atom is 0.343 e. The van der Waals surface area contributed by atoms with Gasteiger partial charge in [0.25, 0.3) is 0 Å². The topological polar surface area (TPSA) is 113 Å². The number of carbonyl (C=O) groups is 1. The average Bonchev–Trinajstić information content (AvgIpc) is 2.81. The van der Waals surface area contributed by atoms with Gasteiger partial charge in [0.05, 0.1) is 18.1 Å². The molecule has 1 atom stereocenters. The Morgan fingerprint density at radius 1 is 1.00 bits per heavy atom. The van der Waals surface area contributed by atoms with Crippen LogP contribution < -0.4 is 20.1 Å². The molecule has 0 fully saturated rings. The molecular weight excluding hydrogens is 402 g/mol. The maximum absolute atomic E-state index is 13.1. The van der Waals surface area contributed by atoms with E-state index in [1.54, 1.807) is 48.5 Å². The fourth-order valence-corrected chi connectivity index (χ4v) is 3.05. The van der Waals surface area contributed by atoms with Gasteiger partial charge in [-0.1, -0.05) is 12.1 Å². The molecule has 2 N–H and O–H groups in total. The first-order chi connectivity index (χ1) is 15.0. The number of hydrogen-bond donors (Lipinski definition) is 2. The van der Waals surface area contributed by atoms with Crippen molar-refractivity contribution in [1.29, 1.82) is 0 Å². The fourth-order valence-electron chi connectivity index (χ4n) is 3.05. The number of nitrogens with one attached hydrogen (secondary N) is 1. The summed E-state index contributed by atoms with van der Waals surface area (Å²) < 4.78 is 16.5. The van der Waals surface area contributed by atoms with Crippen LogP contribution in [0.3, 0.4) is 0 Å². The van der Waals surface area contributed by atoms with Gasteiger partial charge in [-0.3, -0.25) is 4.79 Å². The second-order valence-corrected chi connectivity index (χ2v) is 6.59. The van der Waals surface area contributed by atoms with Gasteiger partial charge < -0.3 is 19.1 Å². The summed E-state index contributed by atoms with van der Waals surface area (Å²) in [5.74, 6) is -0.351. The number of rotatable bonds is 5. The van der Waals surface area contributed by atoms with Crippen molar-refractivity contribution in [2.45, 2.75) is 0 Å². The van der Waals surface area contributed by atoms with Crippen molar-refractivity contribution < 1.29 is 29.1 Å². The Labute approximate surface area is 176 Å². The van der Waals surface area contributed by atoms with Crippen molar-refractivity contribution in [3.05, 3.63) is 93.8 Å². The Bertz CT molecular complexity index is 1290. The van der Waals surface area contributed by atoms with Crippen molar-refractivity contribution in [2.24, 2.45) is 0 Å². The smallest absolute Gasteiger partial charge is 0.343 e. The van der Waals surface area contributed by atoms with Crippen LogP contribution in [0.2, 0.25) is 0 Å². The second kappa shape index (κ2) is 8.41. The summed E-state index contributed by atoms with van der Waals surface area (Å²) in [4.78, 5) is 25.8. The predicted molar refractivity (Wildman–Crippen MR) is 112 cm³/mol. The highest BCUT2D eigenvalue weighted by molar-refractivity contribution is 5.93. The van der Waals surface area contributed by atoms with Crippen molar-refractivity contribution in [3.63, 3.8) is 0 Å². The molecule has 8 heteroatoms. The monoisotopic (exact) mass is 419 g/mol. The predicted octanol–water partition coefficient (Wildman–Crippen LogP) is 3.09. The van der Waals surface area contributed by atoms with Crippen LogP contribution in [0.25, 0.3) is 22.3 Å². The lowest BCUT2D eigenvalue weighted by molar-refractivity contribution is -0.991. The second-order valence-electron chi connectivity index (χ2n) is 6.59. The van der Waals surface area contributed by atoms with Crippen LogP contribution in [0.1, 0.15) is 10.4 Å². The standard InChI is InChI=1S/C23H17NO7/c1-29-17-12-8-14(9-13-17)21-22(20(25)18-4-2-3-5-19(18)30-21)31-23(26)15-6-10-16(11-7-15)24(27)28/h2-13,24,27H,1H3. The van der Waals surface area contributed by atoms with Gasteiger partial charge in [0.15, 0.2) is 11.4 Å². The van der Waals surface area contributed by atoms with Crippen molar-refractivity contribution >= 4 is 22.6 Å². The molecule has 1 aromatic heterocycles. The minimum Gasteiger partial charge on any atom is -0.595 e. The summed E-state index contributed by atoms with van der Waals surface area (Å²) in [6.45, 7) is 0. The van der Waals surface area contributed by atoms with Crippen LogP contribution in [0.15, 0.2) is 82.0 Å². The molecule has 1 unspecified atom stereocenters. The number of carbonyl (C=O) groups excluding carboxylic acids is 1. The van der Waals surface area contributed by atoms with Gasteiger partial charge in [-0.25, -0.2) is 10.0 Å². The summed E-state index contributed by atoms with van der Waals surface area (Å²) in [5, 5.41) is 19.2. The number of ether oxygens (including phenoxy) is 2. The Kier molecular flexibility index (Phi) is 5.50. The van der Waals surface area contributed by atoms with Crippen molar-refractivity contribution in [1.82, 2.24) is 0 Å². The average molecular weight is 419 g/mol. The number of esters is 1. The maximum atomic E-state index is 13.1. The minimum absolute atomic E-state index is 0.0284. The molecule has 0 aliphatic heterocycles. The zero-order valence-electron chi connectivity index (χ0n) is 16.3. The molecule has 3 aromatic carbocycles. The number of methoxy groups -OCH3 is 1. The Morgan fingerprint density at radius 3 is 2.32 bits per heavy atom. The Hall–Kier alpha value is -3.98. The van der Waals surface area contributed by atoms with Crippen LogP contribution in [0.4, 0.5) is 5.69 Å². The lowest BCUT2D eigenvalue weighted by Gasteiger charge is -2.12. The van der Waals surface area contributed by atoms with Gasteiger partial charge >= 0.3 is 5.97 Å². The lowest BCUT2D eigenvalue weighted by Crippen LogP contribution is -2.99. The fraction of sp³-hybridized carbons (Fsp3) is 0.0435. The first-order valence-electron chi connectivity index (χ1n) is 9.23. The van der Waals surface area contributed by atoms with Crippen LogP contribution in [-0.4, -0.2) is 18.3 Å². The minimum atomic E-state index is -1.11. The van der Waals surface area contributed by atoms with E-state index in [1.165, 1.54) is 31.4 Å². The molecule has 0 bridgehead atoms. The SMILES string of the molecule is COc1ccc(-c2oc3ccccc3c(=O)c2OC(=O)c2ccc([NH+]([O-])O)cc2)cc1. The summed E-state index contributed by atoms with van der Waals surface area (Å²) in [6.07, 6.45) is 0. The summed E-state index contributed by atoms with van der Waals surface area (Å²) in [6, 6.07) is 18.6. The number of hydrogen-bond acceptors (Lipinski definition) is 7. The molecule has 0 radical (unpaired) electrons. The van der Waals surface area contributed by atoms with Gasteiger partial charge in [-0.05, 0) is 48.5 Å². The molecule has 1 heterocycles. The summed E-state index contributed by atoms with van der Waals surface area (Å²) in [5.41, 5.74) is 0.499. The van der Waals surface area contributed by atoms with Gasteiger partial charge in [-0.15, -0.1) is 0 Å². The lowest BCUT2D eigenvalue weighted by atomic mass is 10.1. The number of quaternary nitrogens is 1. The van der Waals surface area contributed by atoms with E-state index >= 15 is 0 Å². The van der Waals surface area contributed by atoms with Crippen molar-refractivity contribution in [2.75, 3.05) is 7.11 Å². The van der Waals surface area contributed by atoms with Gasteiger partial charge in [0.2, 0.25) is 11.2 Å². The van der Waals surface area contributed by atoms with E-state index in [2.05, 4.69) is 0 Å². The molecule has 156 valence electrons. The van der Waals surface area contributed by atoms with Crippen LogP contribution in [-0.2, 0) is 0 Å². The van der Waals surface area contributed by atoms with E-state index in [1.807, 2.05) is 0 Å². The quantitative estimate of drug-likeness (QED) is 0.377. The highest BCUT2D eigenvalue weighted by Gasteiger charge is 2.21. The van der Waals surface area contributed by atoms with Crippen LogP contribution in [0.5, 0.6) is 11.5 Å². The molecule has 0 saturated heterocycles. The zero-order valence-corrected chi connectivity index (χ0v) is 16.3. The molecule has 4 aromatic rings. The molecule has 0 aliphatic rings. The number of fused-ring (bicyclic) bond motifs is 1. The third-order valence-corrected chi connectivity index (χ3v) is 4.67. The molecule has 4 rings (SSSR count). The Balaban J connectivity index is 1.80. The van der Waals surface area contributed by atoms with E-state index in [-0.39, 0.29) is 28.1 Å². The van der Waals surface area contributed by atoms with E-state index in [0.717, 1.165) is 0 Å². The molecule has 31 heavy (non-hydrogen) atoms. The third-order valence-electron chi connectivity index (χ3n) is 4.67. The first-order valence-corrected chi connectivity index (χ1v) is 9.23. The van der Waals surface area contributed by atoms with E-state index in [4.69, 9.17) is 19.1 Å².